The summed E-state index contributed by atoms with van der Waals surface area (Å²) in [6.45, 7) is 7.37. The van der Waals surface area contributed by atoms with Gasteiger partial charge in [-0.3, -0.25) is 0 Å². The van der Waals surface area contributed by atoms with E-state index >= 15 is 0 Å². The monoisotopic (exact) mass is 420 g/mol. The molecule has 3 N–H and O–H groups in total. The molecule has 9 heteroatoms. The minimum atomic E-state index is -4.36. The van der Waals surface area contributed by atoms with Crippen molar-refractivity contribution < 1.29 is 17.6 Å². The molecule has 0 aliphatic carbocycles. The summed E-state index contributed by atoms with van der Waals surface area (Å²) in [6, 6.07) is 8.91. The zero-order chi connectivity index (χ0) is 21.0. The molecule has 150 valence electrons. The van der Waals surface area contributed by atoms with Gasteiger partial charge in [-0.1, -0.05) is 29.5 Å². The highest BCUT2D eigenvalue weighted by Gasteiger charge is 2.29. The Morgan fingerprint density at radius 3 is 2.55 bits per heavy atom. The van der Waals surface area contributed by atoms with Crippen LogP contribution in [-0.4, -0.2) is 17.6 Å². The molecule has 0 saturated heterocycles. The number of halogens is 4. The minimum absolute atomic E-state index is 0.0519. The van der Waals surface area contributed by atoms with Crippen LogP contribution < -0.4 is 11.1 Å². The molecule has 0 spiro atoms. The van der Waals surface area contributed by atoms with Crippen molar-refractivity contribution in [3.63, 3.8) is 0 Å². The first kappa shape index (κ1) is 20.8. The van der Waals surface area contributed by atoms with Gasteiger partial charge in [-0.15, -0.1) is 0 Å². The molecule has 0 amide bonds. The SMILES string of the molecule is [C-]#[N+]c1cc(-c2cnc(NC[C@@H](N)Cc3ccc(C(F)(F)F)cc3)s2)ccc1F. The van der Waals surface area contributed by atoms with Gasteiger partial charge < -0.3 is 11.1 Å². The Bertz CT molecular complexity index is 1020. The third kappa shape index (κ3) is 5.31. The molecular formula is C20H16F4N4S. The number of benzene rings is 2. The van der Waals surface area contributed by atoms with Crippen molar-refractivity contribution in [3.8, 4) is 10.4 Å². The van der Waals surface area contributed by atoms with Gasteiger partial charge in [0, 0.05) is 18.8 Å². The van der Waals surface area contributed by atoms with Gasteiger partial charge in [-0.2, -0.15) is 13.2 Å². The van der Waals surface area contributed by atoms with E-state index in [-0.39, 0.29) is 11.7 Å². The highest BCUT2D eigenvalue weighted by Crippen LogP contribution is 2.32. The van der Waals surface area contributed by atoms with Gasteiger partial charge in [-0.25, -0.2) is 14.2 Å². The van der Waals surface area contributed by atoms with Gasteiger partial charge in [0.15, 0.2) is 5.13 Å². The minimum Gasteiger partial charge on any atom is -0.360 e. The first-order valence-corrected chi connectivity index (χ1v) is 9.36. The molecule has 1 heterocycles. The second-order valence-electron chi connectivity index (χ2n) is 6.35. The van der Waals surface area contributed by atoms with Crippen molar-refractivity contribution in [3.05, 3.63) is 77.0 Å². The number of hydrogen-bond donors (Lipinski definition) is 2. The third-order valence-electron chi connectivity index (χ3n) is 4.15. The lowest BCUT2D eigenvalue weighted by molar-refractivity contribution is -0.137. The first-order valence-electron chi connectivity index (χ1n) is 8.55. The van der Waals surface area contributed by atoms with Crippen LogP contribution in [0.25, 0.3) is 15.3 Å². The van der Waals surface area contributed by atoms with Gasteiger partial charge in [0.05, 0.1) is 17.0 Å². The Hall–Kier alpha value is -2.96. The lowest BCUT2D eigenvalue weighted by Gasteiger charge is -2.13. The molecule has 0 bridgehead atoms. The summed E-state index contributed by atoms with van der Waals surface area (Å²) in [6.07, 6.45) is -2.32. The maximum atomic E-state index is 13.5. The number of alkyl halides is 3. The normalized spacial score (nSPS) is 12.4. The van der Waals surface area contributed by atoms with E-state index in [1.807, 2.05) is 0 Å². The lowest BCUT2D eigenvalue weighted by atomic mass is 10.0. The molecule has 0 saturated carbocycles. The molecule has 0 fully saturated rings. The molecule has 4 nitrogen and oxygen atoms in total. The van der Waals surface area contributed by atoms with Crippen molar-refractivity contribution in [2.45, 2.75) is 18.6 Å². The third-order valence-corrected chi connectivity index (χ3v) is 5.16. The van der Waals surface area contributed by atoms with Crippen molar-refractivity contribution in [1.82, 2.24) is 4.98 Å². The van der Waals surface area contributed by atoms with E-state index in [0.717, 1.165) is 17.0 Å². The number of anilines is 1. The zero-order valence-corrected chi connectivity index (χ0v) is 15.8. The standard InChI is InChI=1S/C20H16F4N4S/c1-26-17-9-13(4-7-16(17)21)18-11-28-19(29-18)27-10-15(25)8-12-2-5-14(6-3-12)20(22,23)24/h2-7,9,11,15H,8,10,25H2,(H,27,28)/t15-/m0/s1. The molecule has 3 aromatic rings. The topological polar surface area (TPSA) is 55.3 Å². The molecule has 1 aromatic heterocycles. The van der Waals surface area contributed by atoms with Crippen molar-refractivity contribution in [2.75, 3.05) is 11.9 Å². The number of rotatable bonds is 6. The number of thiazole rings is 1. The molecule has 0 radical (unpaired) electrons. The molecule has 1 atom stereocenters. The molecule has 29 heavy (non-hydrogen) atoms. The molecule has 0 aliphatic rings. The van der Waals surface area contributed by atoms with Crippen molar-refractivity contribution in [1.29, 1.82) is 0 Å². The van der Waals surface area contributed by atoms with E-state index in [0.29, 0.717) is 29.2 Å². The number of nitrogens with one attached hydrogen (secondary N) is 1. The summed E-state index contributed by atoms with van der Waals surface area (Å²) in [5, 5.41) is 3.71. The largest absolute Gasteiger partial charge is 0.416 e. The summed E-state index contributed by atoms with van der Waals surface area (Å²) >= 11 is 1.34. The number of nitrogens with zero attached hydrogens (tertiary/aromatic N) is 2. The zero-order valence-electron chi connectivity index (χ0n) is 15.0. The predicted octanol–water partition coefficient (Wildman–Crippen LogP) is 5.50. The van der Waals surface area contributed by atoms with Gasteiger partial charge in [0.25, 0.3) is 0 Å². The molecule has 3 rings (SSSR count). The summed E-state index contributed by atoms with van der Waals surface area (Å²) in [7, 11) is 0. The van der Waals surface area contributed by atoms with Gasteiger partial charge in [0.1, 0.15) is 5.82 Å². The van der Waals surface area contributed by atoms with Crippen LogP contribution in [0.15, 0.2) is 48.7 Å². The summed E-state index contributed by atoms with van der Waals surface area (Å²) in [5.41, 5.74) is 6.73. The van der Waals surface area contributed by atoms with Crippen LogP contribution in [0.2, 0.25) is 0 Å². The van der Waals surface area contributed by atoms with Crippen LogP contribution in [0.1, 0.15) is 11.1 Å². The average Bonchev–Trinajstić information content (AvgIpc) is 3.15. The Kier molecular flexibility index (Phi) is 6.15. The Morgan fingerprint density at radius 1 is 1.17 bits per heavy atom. The summed E-state index contributed by atoms with van der Waals surface area (Å²) in [4.78, 5) is 8.16. The van der Waals surface area contributed by atoms with Crippen LogP contribution in [0.4, 0.5) is 28.4 Å². The highest BCUT2D eigenvalue weighted by atomic mass is 32.1. The Labute approximate surface area is 168 Å². The van der Waals surface area contributed by atoms with E-state index < -0.39 is 17.6 Å². The summed E-state index contributed by atoms with van der Waals surface area (Å²) in [5.74, 6) is -0.569. The predicted molar refractivity (Wildman–Crippen MR) is 105 cm³/mol. The van der Waals surface area contributed by atoms with E-state index in [1.165, 1.54) is 35.6 Å². The van der Waals surface area contributed by atoms with Gasteiger partial charge >= 0.3 is 6.18 Å². The average molecular weight is 420 g/mol. The number of nitrogens with two attached hydrogens (primary N) is 1. The van der Waals surface area contributed by atoms with E-state index in [4.69, 9.17) is 12.3 Å². The molecule has 0 aliphatic heterocycles. The quantitative estimate of drug-likeness (QED) is 0.409. The second-order valence-corrected chi connectivity index (χ2v) is 7.38. The van der Waals surface area contributed by atoms with Crippen molar-refractivity contribution >= 4 is 22.2 Å². The fourth-order valence-corrected chi connectivity index (χ4v) is 3.48. The van der Waals surface area contributed by atoms with E-state index in [9.17, 15) is 17.6 Å². The van der Waals surface area contributed by atoms with Gasteiger partial charge in [0.2, 0.25) is 5.69 Å². The van der Waals surface area contributed by atoms with Crippen LogP contribution in [0.3, 0.4) is 0 Å². The fourth-order valence-electron chi connectivity index (χ4n) is 2.66. The van der Waals surface area contributed by atoms with Crippen LogP contribution in [0.5, 0.6) is 0 Å². The van der Waals surface area contributed by atoms with Crippen LogP contribution >= 0.6 is 11.3 Å². The molecule has 2 aromatic carbocycles. The highest BCUT2D eigenvalue weighted by molar-refractivity contribution is 7.18. The summed E-state index contributed by atoms with van der Waals surface area (Å²) < 4.78 is 51.3. The molecular weight excluding hydrogens is 404 g/mol. The van der Waals surface area contributed by atoms with Crippen LogP contribution in [-0.2, 0) is 12.6 Å². The number of hydrogen-bond acceptors (Lipinski definition) is 4. The van der Waals surface area contributed by atoms with E-state index in [1.54, 1.807) is 12.3 Å². The number of aromatic nitrogens is 1. The maximum Gasteiger partial charge on any atom is 0.416 e. The molecule has 0 unspecified atom stereocenters. The smallest absolute Gasteiger partial charge is 0.360 e. The van der Waals surface area contributed by atoms with Crippen molar-refractivity contribution in [2.24, 2.45) is 5.73 Å². The fraction of sp³-hybridized carbons (Fsp3) is 0.200. The first-order chi connectivity index (χ1) is 13.8. The van der Waals surface area contributed by atoms with Crippen LogP contribution in [0, 0.1) is 12.4 Å². The Morgan fingerprint density at radius 2 is 1.90 bits per heavy atom. The Balaban J connectivity index is 1.57. The van der Waals surface area contributed by atoms with Gasteiger partial charge in [-0.05, 0) is 41.8 Å². The second kappa shape index (κ2) is 8.59. The van der Waals surface area contributed by atoms with E-state index in [2.05, 4.69) is 15.1 Å². The maximum absolute atomic E-state index is 13.5. The lowest BCUT2D eigenvalue weighted by Crippen LogP contribution is -2.31.